The molecule has 2 heterocycles. The van der Waals surface area contributed by atoms with Gasteiger partial charge in [-0.3, -0.25) is 4.72 Å². The van der Waals surface area contributed by atoms with Crippen LogP contribution >= 0.6 is 0 Å². The largest absolute Gasteiger partial charge is 0.493 e. The summed E-state index contributed by atoms with van der Waals surface area (Å²) in [6.07, 6.45) is 5.61. The van der Waals surface area contributed by atoms with Crippen molar-refractivity contribution >= 4 is 73.3 Å². The standard InChI is InChI=1S/C27H27N5O5S.K/c1-4-11-20(18-19-12-6-5-7-13-19)38(33,34)32-24-23(37-22-15-9-8-14-21(22)35-2)27(36-3)31-26(30-24)25-28-16-10-17-29-25;/h5-10,12-18H,4,11H2,1-3H3,(H,30,31,32);. The van der Waals surface area contributed by atoms with Gasteiger partial charge in [-0.25, -0.2) is 23.4 Å². The second kappa shape index (κ2) is 14.5. The van der Waals surface area contributed by atoms with Crippen LogP contribution in [0.25, 0.3) is 17.7 Å². The third kappa shape index (κ3) is 7.84. The van der Waals surface area contributed by atoms with Gasteiger partial charge in [-0.15, -0.1) is 0 Å². The zero-order valence-corrected chi connectivity index (χ0v) is 26.1. The number of benzene rings is 2. The molecule has 4 rings (SSSR count). The molecule has 2 aromatic carbocycles. The average Bonchev–Trinajstić information content (AvgIpc) is 2.94. The van der Waals surface area contributed by atoms with Gasteiger partial charge in [0.05, 0.1) is 19.1 Å². The molecule has 0 amide bonds. The van der Waals surface area contributed by atoms with Gasteiger partial charge < -0.3 is 14.2 Å². The molecule has 0 bridgehead atoms. The maximum Gasteiger partial charge on any atom is 0.263 e. The number of ether oxygens (including phenoxy) is 3. The van der Waals surface area contributed by atoms with Crippen LogP contribution in [0.4, 0.5) is 5.82 Å². The number of rotatable bonds is 11. The van der Waals surface area contributed by atoms with Gasteiger partial charge in [0.2, 0.25) is 11.6 Å². The third-order valence-corrected chi connectivity index (χ3v) is 6.75. The maximum atomic E-state index is 13.7. The molecule has 1 N–H and O–H groups in total. The number of hydrogen-bond acceptors (Lipinski definition) is 9. The maximum absolute atomic E-state index is 13.7. The van der Waals surface area contributed by atoms with E-state index in [0.29, 0.717) is 24.3 Å². The summed E-state index contributed by atoms with van der Waals surface area (Å²) in [5, 5.41) is 0. The second-order valence-electron chi connectivity index (χ2n) is 7.94. The van der Waals surface area contributed by atoms with E-state index in [2.05, 4.69) is 24.7 Å². The molecule has 4 aromatic rings. The number of sulfonamides is 1. The Bertz CT molecular complexity index is 1520. The van der Waals surface area contributed by atoms with Gasteiger partial charge in [-0.2, -0.15) is 4.98 Å². The quantitative estimate of drug-likeness (QED) is 0.249. The number of anilines is 1. The number of allylic oxidation sites excluding steroid dienone is 1. The molecule has 2 aromatic heterocycles. The molecule has 0 aliphatic heterocycles. The third-order valence-electron chi connectivity index (χ3n) is 5.27. The topological polar surface area (TPSA) is 125 Å². The van der Waals surface area contributed by atoms with Gasteiger partial charge in [0, 0.05) is 63.8 Å². The number of para-hydroxylation sites is 2. The van der Waals surface area contributed by atoms with Crippen molar-refractivity contribution in [3.05, 3.63) is 83.5 Å². The van der Waals surface area contributed by atoms with Crippen LogP contribution in [0.2, 0.25) is 0 Å². The van der Waals surface area contributed by atoms with Crippen LogP contribution in [0.15, 0.2) is 78.0 Å². The summed E-state index contributed by atoms with van der Waals surface area (Å²) in [5.74, 6) is 0.774. The van der Waals surface area contributed by atoms with Crippen molar-refractivity contribution in [3.63, 3.8) is 0 Å². The van der Waals surface area contributed by atoms with E-state index >= 15 is 0 Å². The average molecular weight is 573 g/mol. The number of nitrogens with one attached hydrogen (secondary N) is 1. The first-order chi connectivity index (χ1) is 18.4. The fourth-order valence-corrected chi connectivity index (χ4v) is 4.80. The Balaban J connectivity index is 0.00000420. The molecular weight excluding hydrogens is 545 g/mol. The molecule has 39 heavy (non-hydrogen) atoms. The first kappa shape index (κ1) is 30.7. The molecule has 12 heteroatoms. The minimum Gasteiger partial charge on any atom is -0.493 e. The first-order valence-electron chi connectivity index (χ1n) is 11.8. The van der Waals surface area contributed by atoms with Crippen molar-refractivity contribution in [2.45, 2.75) is 19.8 Å². The van der Waals surface area contributed by atoms with Crippen LogP contribution in [0, 0.1) is 0 Å². The van der Waals surface area contributed by atoms with Crippen molar-refractivity contribution in [1.82, 2.24) is 19.9 Å². The Morgan fingerprint density at radius 1 is 0.872 bits per heavy atom. The van der Waals surface area contributed by atoms with E-state index in [9.17, 15) is 8.42 Å². The van der Waals surface area contributed by atoms with Gasteiger partial charge >= 0.3 is 0 Å². The summed E-state index contributed by atoms with van der Waals surface area (Å²) < 4.78 is 46.9. The van der Waals surface area contributed by atoms with Crippen molar-refractivity contribution in [3.8, 4) is 34.8 Å². The van der Waals surface area contributed by atoms with Crippen LogP contribution in [-0.2, 0) is 10.0 Å². The van der Waals surface area contributed by atoms with Gasteiger partial charge in [-0.05, 0) is 36.3 Å². The van der Waals surface area contributed by atoms with Gasteiger partial charge in [0.25, 0.3) is 15.9 Å². The molecular formula is C27H27KN5O5S. The number of methoxy groups -OCH3 is 2. The molecule has 197 valence electrons. The summed E-state index contributed by atoms with van der Waals surface area (Å²) in [5.41, 5.74) is 0.755. The Hall–Kier alpha value is -2.87. The SMILES string of the molecule is CCCC(=Cc1ccccc1)S(=O)(=O)Nc1nc(-c2ncccn2)nc(OC)c1Oc1ccccc1OC.[K]. The van der Waals surface area contributed by atoms with E-state index < -0.39 is 10.0 Å². The van der Waals surface area contributed by atoms with Crippen LogP contribution in [-0.4, -0.2) is 94.0 Å². The second-order valence-corrected chi connectivity index (χ2v) is 9.67. The summed E-state index contributed by atoms with van der Waals surface area (Å²) in [4.78, 5) is 17.4. The Kier molecular flexibility index (Phi) is 11.4. The zero-order valence-electron chi connectivity index (χ0n) is 22.2. The minimum atomic E-state index is -4.08. The van der Waals surface area contributed by atoms with Crippen molar-refractivity contribution in [2.24, 2.45) is 0 Å². The summed E-state index contributed by atoms with van der Waals surface area (Å²) in [6, 6.07) is 17.8. The predicted octanol–water partition coefficient (Wildman–Crippen LogP) is 4.95. The van der Waals surface area contributed by atoms with Crippen LogP contribution in [0.3, 0.4) is 0 Å². The molecule has 10 nitrogen and oxygen atoms in total. The normalized spacial score (nSPS) is 11.3. The van der Waals surface area contributed by atoms with E-state index in [4.69, 9.17) is 14.2 Å². The number of aromatic nitrogens is 4. The molecule has 0 unspecified atom stereocenters. The summed E-state index contributed by atoms with van der Waals surface area (Å²) in [6.45, 7) is 1.91. The van der Waals surface area contributed by atoms with E-state index in [1.165, 1.54) is 26.6 Å². The van der Waals surface area contributed by atoms with Crippen LogP contribution in [0.1, 0.15) is 25.3 Å². The fraction of sp³-hybridized carbons (Fsp3) is 0.185. The minimum absolute atomic E-state index is 0. The van der Waals surface area contributed by atoms with Crippen molar-refractivity contribution in [1.29, 1.82) is 0 Å². The Morgan fingerprint density at radius 2 is 1.54 bits per heavy atom. The number of hydrogen-bond donors (Lipinski definition) is 1. The van der Waals surface area contributed by atoms with E-state index in [1.807, 2.05) is 37.3 Å². The van der Waals surface area contributed by atoms with E-state index in [-0.39, 0.29) is 85.4 Å². The first-order valence-corrected chi connectivity index (χ1v) is 13.3. The summed E-state index contributed by atoms with van der Waals surface area (Å²) >= 11 is 0. The summed E-state index contributed by atoms with van der Waals surface area (Å²) in [7, 11) is -1.18. The van der Waals surface area contributed by atoms with E-state index in [0.717, 1.165) is 5.56 Å². The molecule has 0 fully saturated rings. The number of nitrogens with zero attached hydrogens (tertiary/aromatic N) is 4. The molecule has 0 spiro atoms. The monoisotopic (exact) mass is 572 g/mol. The zero-order chi connectivity index (χ0) is 27.0. The molecule has 0 aliphatic carbocycles. The van der Waals surface area contributed by atoms with Gasteiger partial charge in [0.1, 0.15) is 0 Å². The Morgan fingerprint density at radius 3 is 2.18 bits per heavy atom. The van der Waals surface area contributed by atoms with Gasteiger partial charge in [0.15, 0.2) is 23.1 Å². The van der Waals surface area contributed by atoms with Crippen molar-refractivity contribution in [2.75, 3.05) is 18.9 Å². The molecule has 1 radical (unpaired) electrons. The Labute approximate surface area is 270 Å². The van der Waals surface area contributed by atoms with Gasteiger partial charge in [-0.1, -0.05) is 55.8 Å². The van der Waals surface area contributed by atoms with Crippen LogP contribution in [0.5, 0.6) is 23.1 Å². The smallest absolute Gasteiger partial charge is 0.263 e. The van der Waals surface area contributed by atoms with Crippen LogP contribution < -0.4 is 18.9 Å². The fourth-order valence-electron chi connectivity index (χ4n) is 3.52. The molecule has 0 aliphatic rings. The van der Waals surface area contributed by atoms with E-state index in [1.54, 1.807) is 36.4 Å². The van der Waals surface area contributed by atoms with Crippen molar-refractivity contribution < 1.29 is 22.6 Å². The molecule has 0 saturated heterocycles. The molecule has 0 atom stereocenters. The predicted molar refractivity (Wildman–Crippen MR) is 150 cm³/mol. The molecule has 0 saturated carbocycles.